The minimum absolute atomic E-state index is 0.0341. The summed E-state index contributed by atoms with van der Waals surface area (Å²) in [5.74, 6) is -3.62. The predicted octanol–water partition coefficient (Wildman–Crippen LogP) is 2.07. The van der Waals surface area contributed by atoms with Crippen LogP contribution in [0.5, 0.6) is 0 Å². The number of aliphatic carboxylic acids is 1. The van der Waals surface area contributed by atoms with Crippen LogP contribution in [0.2, 0.25) is 0 Å². The Morgan fingerprint density at radius 2 is 1.77 bits per heavy atom. The van der Waals surface area contributed by atoms with Gasteiger partial charge in [0.2, 0.25) is 5.76 Å². The number of nitriles is 1. The number of aliphatic hydroxyl groups is 1. The molecule has 2 aromatic rings. The number of aliphatic hydroxyl groups excluding tert-OH is 1. The number of allylic oxidation sites excluding steroid dienone is 1. The van der Waals surface area contributed by atoms with Crippen molar-refractivity contribution < 1.29 is 28.2 Å². The number of hydrogen-bond acceptors (Lipinski definition) is 6. The molecule has 0 fully saturated rings. The highest BCUT2D eigenvalue weighted by molar-refractivity contribution is 7.92. The van der Waals surface area contributed by atoms with Crippen LogP contribution in [-0.2, 0) is 14.8 Å². The van der Waals surface area contributed by atoms with Crippen LogP contribution in [0.25, 0.3) is 0 Å². The molecule has 2 aromatic carbocycles. The van der Waals surface area contributed by atoms with Crippen LogP contribution in [-0.4, -0.2) is 30.4 Å². The molecule has 0 spiro atoms. The highest BCUT2D eigenvalue weighted by Gasteiger charge is 2.19. The highest BCUT2D eigenvalue weighted by Crippen LogP contribution is 2.20. The summed E-state index contributed by atoms with van der Waals surface area (Å²) in [6.45, 7) is 0. The molecule has 0 aliphatic heterocycles. The zero-order valence-electron chi connectivity index (χ0n) is 13.1. The van der Waals surface area contributed by atoms with Crippen LogP contribution in [0.3, 0.4) is 0 Å². The van der Waals surface area contributed by atoms with Gasteiger partial charge in [0, 0.05) is 17.3 Å². The van der Waals surface area contributed by atoms with Crippen LogP contribution in [0.15, 0.2) is 65.3 Å². The monoisotopic (exact) mass is 372 g/mol. The number of carboxylic acids is 1. The van der Waals surface area contributed by atoms with Gasteiger partial charge < -0.3 is 10.2 Å². The first-order valence-corrected chi connectivity index (χ1v) is 8.53. The molecule has 0 amide bonds. The normalized spacial score (nSPS) is 11.4. The number of nitrogens with one attached hydrogen (secondary N) is 1. The number of hydrogen-bond donors (Lipinski definition) is 3. The van der Waals surface area contributed by atoms with Crippen molar-refractivity contribution in [3.05, 3.63) is 71.5 Å². The molecule has 0 unspecified atom stereocenters. The minimum Gasteiger partial charge on any atom is -0.502 e. The number of carbonyl (C=O) groups is 2. The first-order chi connectivity index (χ1) is 12.2. The van der Waals surface area contributed by atoms with E-state index in [-0.39, 0.29) is 21.7 Å². The Bertz CT molecular complexity index is 1050. The third-order valence-corrected chi connectivity index (χ3v) is 4.62. The smallest absolute Gasteiger partial charge is 0.371 e. The SMILES string of the molecule is N#Cc1ccccc1S(=O)(=O)Nc1cccc(C(=O)/C=C(/O)C(=O)O)c1. The number of anilines is 1. The van der Waals surface area contributed by atoms with Crippen LogP contribution in [0.4, 0.5) is 5.69 Å². The van der Waals surface area contributed by atoms with Crippen LogP contribution in [0.1, 0.15) is 15.9 Å². The van der Waals surface area contributed by atoms with E-state index in [1.54, 1.807) is 6.07 Å². The number of nitrogens with zero attached hydrogens (tertiary/aromatic N) is 1. The fourth-order valence-electron chi connectivity index (χ4n) is 2.01. The second kappa shape index (κ2) is 7.50. The van der Waals surface area contributed by atoms with Gasteiger partial charge in [0.05, 0.1) is 5.56 Å². The molecule has 8 nitrogen and oxygen atoms in total. The number of rotatable bonds is 6. The Morgan fingerprint density at radius 1 is 1.08 bits per heavy atom. The van der Waals surface area contributed by atoms with Crippen molar-refractivity contribution in [2.24, 2.45) is 0 Å². The van der Waals surface area contributed by atoms with Crippen LogP contribution in [0, 0.1) is 11.3 Å². The van der Waals surface area contributed by atoms with Crippen molar-refractivity contribution in [1.82, 2.24) is 0 Å². The average Bonchev–Trinajstić information content (AvgIpc) is 2.61. The summed E-state index contributed by atoms with van der Waals surface area (Å²) in [6.07, 6.45) is 0.515. The van der Waals surface area contributed by atoms with E-state index in [1.165, 1.54) is 48.5 Å². The number of ketones is 1. The van der Waals surface area contributed by atoms with E-state index in [0.29, 0.717) is 6.08 Å². The number of sulfonamides is 1. The van der Waals surface area contributed by atoms with E-state index in [2.05, 4.69) is 4.72 Å². The molecule has 0 aliphatic carbocycles. The van der Waals surface area contributed by atoms with Crippen LogP contribution < -0.4 is 4.72 Å². The van der Waals surface area contributed by atoms with E-state index < -0.39 is 27.5 Å². The van der Waals surface area contributed by atoms with Gasteiger partial charge in [-0.15, -0.1) is 0 Å². The topological polar surface area (TPSA) is 145 Å². The molecular weight excluding hydrogens is 360 g/mol. The first-order valence-electron chi connectivity index (χ1n) is 7.05. The van der Waals surface area contributed by atoms with Gasteiger partial charge >= 0.3 is 5.97 Å². The van der Waals surface area contributed by atoms with E-state index in [1.807, 2.05) is 0 Å². The van der Waals surface area contributed by atoms with Crippen LogP contribution >= 0.6 is 0 Å². The molecule has 132 valence electrons. The molecule has 9 heteroatoms. The zero-order chi connectivity index (χ0) is 19.3. The predicted molar refractivity (Wildman–Crippen MR) is 91.1 cm³/mol. The third kappa shape index (κ3) is 4.25. The second-order valence-electron chi connectivity index (χ2n) is 4.99. The number of benzene rings is 2. The maximum absolute atomic E-state index is 12.5. The molecular formula is C17H12N2O6S. The van der Waals surface area contributed by atoms with Gasteiger partial charge in [-0.05, 0) is 24.3 Å². The van der Waals surface area contributed by atoms with Gasteiger partial charge in [-0.25, -0.2) is 13.2 Å². The lowest BCUT2D eigenvalue weighted by Gasteiger charge is -2.10. The lowest BCUT2D eigenvalue weighted by Crippen LogP contribution is -2.14. The van der Waals surface area contributed by atoms with Crippen molar-refractivity contribution >= 4 is 27.5 Å². The van der Waals surface area contributed by atoms with E-state index in [9.17, 15) is 18.0 Å². The summed E-state index contributed by atoms with van der Waals surface area (Å²) in [5, 5.41) is 26.7. The molecule has 0 heterocycles. The minimum atomic E-state index is -4.08. The highest BCUT2D eigenvalue weighted by atomic mass is 32.2. The standard InChI is InChI=1S/C17H12N2O6S/c18-10-12-4-1-2-7-16(12)26(24,25)19-13-6-3-5-11(8-13)14(20)9-15(21)17(22)23/h1-9,19,21H,(H,22,23)/b15-9+. The maximum atomic E-state index is 12.5. The van der Waals surface area contributed by atoms with Crippen molar-refractivity contribution in [1.29, 1.82) is 5.26 Å². The number of carbonyl (C=O) groups excluding carboxylic acids is 1. The molecule has 0 radical (unpaired) electrons. The molecule has 0 aliphatic rings. The lowest BCUT2D eigenvalue weighted by molar-refractivity contribution is -0.135. The molecule has 26 heavy (non-hydrogen) atoms. The second-order valence-corrected chi connectivity index (χ2v) is 6.64. The summed E-state index contributed by atoms with van der Waals surface area (Å²) in [4.78, 5) is 22.3. The molecule has 2 rings (SSSR count). The summed E-state index contributed by atoms with van der Waals surface area (Å²) < 4.78 is 27.2. The quantitative estimate of drug-likeness (QED) is 0.400. The Kier molecular flexibility index (Phi) is 5.39. The Balaban J connectivity index is 2.34. The Labute approximate surface area is 148 Å². The van der Waals surface area contributed by atoms with Gasteiger partial charge in [0.25, 0.3) is 10.0 Å². The molecule has 0 saturated heterocycles. The summed E-state index contributed by atoms with van der Waals surface area (Å²) >= 11 is 0. The van der Waals surface area contributed by atoms with Gasteiger partial charge in [-0.2, -0.15) is 5.26 Å². The summed E-state index contributed by atoms with van der Waals surface area (Å²) in [7, 11) is -4.08. The maximum Gasteiger partial charge on any atom is 0.371 e. The van der Waals surface area contributed by atoms with Crippen molar-refractivity contribution in [2.75, 3.05) is 4.72 Å². The van der Waals surface area contributed by atoms with Crippen molar-refractivity contribution in [3.8, 4) is 6.07 Å². The van der Waals surface area contributed by atoms with Crippen molar-refractivity contribution in [2.45, 2.75) is 4.90 Å². The molecule has 0 aromatic heterocycles. The van der Waals surface area contributed by atoms with E-state index in [0.717, 1.165) is 0 Å². The molecule has 3 N–H and O–H groups in total. The van der Waals surface area contributed by atoms with Gasteiger partial charge in [0.1, 0.15) is 11.0 Å². The van der Waals surface area contributed by atoms with Crippen molar-refractivity contribution in [3.63, 3.8) is 0 Å². The molecule has 0 bridgehead atoms. The fourth-order valence-corrected chi connectivity index (χ4v) is 3.22. The van der Waals surface area contributed by atoms with Gasteiger partial charge in [-0.1, -0.05) is 24.3 Å². The van der Waals surface area contributed by atoms with Gasteiger partial charge in [-0.3, -0.25) is 9.52 Å². The Morgan fingerprint density at radius 3 is 2.42 bits per heavy atom. The number of carboxylic acid groups (broad SMARTS) is 1. The third-order valence-electron chi connectivity index (χ3n) is 3.18. The fraction of sp³-hybridized carbons (Fsp3) is 0. The first kappa shape index (κ1) is 18.7. The Hall–Kier alpha value is -3.64. The molecule has 0 atom stereocenters. The lowest BCUT2D eigenvalue weighted by atomic mass is 10.1. The summed E-state index contributed by atoms with van der Waals surface area (Å²) in [6, 6.07) is 12.7. The average molecular weight is 372 g/mol. The zero-order valence-corrected chi connectivity index (χ0v) is 13.9. The summed E-state index contributed by atoms with van der Waals surface area (Å²) in [5.41, 5.74) is -0.0417. The van der Waals surface area contributed by atoms with E-state index >= 15 is 0 Å². The van der Waals surface area contributed by atoms with E-state index in [4.69, 9.17) is 15.5 Å². The molecule has 0 saturated carbocycles. The largest absolute Gasteiger partial charge is 0.502 e. The van der Waals surface area contributed by atoms with Gasteiger partial charge in [0.15, 0.2) is 5.78 Å².